The number of halogens is 1. The SMILES string of the molecule is Cc1ccc(C(=O)NCC(CC(=O)O)CC(C)C)c(Cl)c1. The molecule has 1 aromatic rings. The Morgan fingerprint density at radius 2 is 2.00 bits per heavy atom. The molecule has 4 nitrogen and oxygen atoms in total. The number of nitrogens with one attached hydrogen (secondary N) is 1. The Morgan fingerprint density at radius 1 is 1.33 bits per heavy atom. The third-order valence-corrected chi connectivity index (χ3v) is 3.50. The Hall–Kier alpha value is -1.55. The second-order valence-electron chi connectivity index (χ2n) is 5.79. The lowest BCUT2D eigenvalue weighted by molar-refractivity contribution is -0.138. The number of carboxylic acid groups (broad SMARTS) is 1. The van der Waals surface area contributed by atoms with Crippen molar-refractivity contribution in [2.45, 2.75) is 33.6 Å². The normalized spacial score (nSPS) is 12.2. The number of hydrogen-bond donors (Lipinski definition) is 2. The van der Waals surface area contributed by atoms with E-state index in [0.29, 0.717) is 23.0 Å². The van der Waals surface area contributed by atoms with Crippen LogP contribution in [-0.2, 0) is 4.79 Å². The molecule has 0 radical (unpaired) electrons. The average molecular weight is 312 g/mol. The standard InChI is InChI=1S/C16H22ClNO3/c1-10(2)6-12(8-15(19)20)9-18-16(21)13-5-4-11(3)7-14(13)17/h4-5,7,10,12H,6,8-9H2,1-3H3,(H,18,21)(H,19,20). The first-order chi connectivity index (χ1) is 9.79. The highest BCUT2D eigenvalue weighted by Crippen LogP contribution is 2.18. The highest BCUT2D eigenvalue weighted by Gasteiger charge is 2.17. The van der Waals surface area contributed by atoms with Crippen molar-refractivity contribution in [1.82, 2.24) is 5.32 Å². The van der Waals surface area contributed by atoms with E-state index in [9.17, 15) is 9.59 Å². The van der Waals surface area contributed by atoms with Crippen molar-refractivity contribution in [2.75, 3.05) is 6.54 Å². The van der Waals surface area contributed by atoms with Crippen LogP contribution in [0.3, 0.4) is 0 Å². The number of aliphatic carboxylic acids is 1. The Balaban J connectivity index is 2.65. The van der Waals surface area contributed by atoms with Gasteiger partial charge in [0, 0.05) is 13.0 Å². The molecule has 0 aliphatic carbocycles. The van der Waals surface area contributed by atoms with Gasteiger partial charge in [-0.2, -0.15) is 0 Å². The molecule has 0 aliphatic heterocycles. The molecule has 1 amide bonds. The molecular weight excluding hydrogens is 290 g/mol. The van der Waals surface area contributed by atoms with Crippen LogP contribution in [-0.4, -0.2) is 23.5 Å². The van der Waals surface area contributed by atoms with Crippen LogP contribution in [0.25, 0.3) is 0 Å². The first-order valence-electron chi connectivity index (χ1n) is 7.05. The van der Waals surface area contributed by atoms with Crippen molar-refractivity contribution < 1.29 is 14.7 Å². The molecule has 1 aromatic carbocycles. The van der Waals surface area contributed by atoms with E-state index in [4.69, 9.17) is 16.7 Å². The second-order valence-corrected chi connectivity index (χ2v) is 6.19. The first kappa shape index (κ1) is 17.5. The number of carboxylic acids is 1. The smallest absolute Gasteiger partial charge is 0.303 e. The predicted molar refractivity (Wildman–Crippen MR) is 83.7 cm³/mol. The minimum atomic E-state index is -0.844. The minimum Gasteiger partial charge on any atom is -0.481 e. The molecule has 1 unspecified atom stereocenters. The molecule has 0 spiro atoms. The van der Waals surface area contributed by atoms with Gasteiger partial charge in [0.25, 0.3) is 5.91 Å². The highest BCUT2D eigenvalue weighted by molar-refractivity contribution is 6.33. The van der Waals surface area contributed by atoms with Crippen molar-refractivity contribution in [1.29, 1.82) is 0 Å². The van der Waals surface area contributed by atoms with Crippen molar-refractivity contribution in [2.24, 2.45) is 11.8 Å². The Labute approximate surface area is 130 Å². The number of benzene rings is 1. The van der Waals surface area contributed by atoms with E-state index < -0.39 is 5.97 Å². The summed E-state index contributed by atoms with van der Waals surface area (Å²) >= 11 is 6.05. The molecule has 1 rings (SSSR count). The first-order valence-corrected chi connectivity index (χ1v) is 7.43. The quantitative estimate of drug-likeness (QED) is 0.809. The summed E-state index contributed by atoms with van der Waals surface area (Å²) in [5.41, 5.74) is 1.40. The monoisotopic (exact) mass is 311 g/mol. The van der Waals surface area contributed by atoms with Gasteiger partial charge in [-0.05, 0) is 42.9 Å². The molecule has 0 fully saturated rings. The van der Waals surface area contributed by atoms with Gasteiger partial charge in [0.05, 0.1) is 10.6 Å². The van der Waals surface area contributed by atoms with Crippen LogP contribution in [0.4, 0.5) is 0 Å². The van der Waals surface area contributed by atoms with E-state index in [1.807, 2.05) is 26.8 Å². The summed E-state index contributed by atoms with van der Waals surface area (Å²) in [6.07, 6.45) is 0.814. The largest absolute Gasteiger partial charge is 0.481 e. The molecule has 2 N–H and O–H groups in total. The van der Waals surface area contributed by atoms with Gasteiger partial charge < -0.3 is 10.4 Å². The van der Waals surface area contributed by atoms with Crippen LogP contribution in [0.2, 0.25) is 5.02 Å². The number of carbonyl (C=O) groups excluding carboxylic acids is 1. The molecule has 0 bridgehead atoms. The van der Waals surface area contributed by atoms with Gasteiger partial charge >= 0.3 is 5.97 Å². The molecule has 0 heterocycles. The zero-order chi connectivity index (χ0) is 16.0. The van der Waals surface area contributed by atoms with E-state index in [1.165, 1.54) is 0 Å². The molecular formula is C16H22ClNO3. The summed E-state index contributed by atoms with van der Waals surface area (Å²) in [6, 6.07) is 5.24. The van der Waals surface area contributed by atoms with E-state index in [1.54, 1.807) is 12.1 Å². The summed E-state index contributed by atoms with van der Waals surface area (Å²) in [7, 11) is 0. The van der Waals surface area contributed by atoms with E-state index >= 15 is 0 Å². The summed E-state index contributed by atoms with van der Waals surface area (Å²) in [5.74, 6) is -0.799. The molecule has 0 saturated carbocycles. The third kappa shape index (κ3) is 6.17. The Kier molecular flexibility index (Phi) is 6.69. The number of hydrogen-bond acceptors (Lipinski definition) is 2. The molecule has 116 valence electrons. The van der Waals surface area contributed by atoms with Gasteiger partial charge in [0.1, 0.15) is 0 Å². The van der Waals surface area contributed by atoms with Crippen molar-refractivity contribution in [3.8, 4) is 0 Å². The summed E-state index contributed by atoms with van der Waals surface area (Å²) < 4.78 is 0. The Morgan fingerprint density at radius 3 is 2.52 bits per heavy atom. The lowest BCUT2D eigenvalue weighted by atomic mass is 9.94. The third-order valence-electron chi connectivity index (χ3n) is 3.19. The van der Waals surface area contributed by atoms with Crippen LogP contribution in [0.5, 0.6) is 0 Å². The van der Waals surface area contributed by atoms with Gasteiger partial charge in [0.2, 0.25) is 0 Å². The van der Waals surface area contributed by atoms with Crippen molar-refractivity contribution in [3.05, 3.63) is 34.3 Å². The number of amides is 1. The zero-order valence-electron chi connectivity index (χ0n) is 12.6. The van der Waals surface area contributed by atoms with Gasteiger partial charge in [-0.1, -0.05) is 31.5 Å². The lowest BCUT2D eigenvalue weighted by Crippen LogP contribution is -2.31. The molecule has 1 atom stereocenters. The molecule has 0 saturated heterocycles. The van der Waals surface area contributed by atoms with Gasteiger partial charge in [-0.3, -0.25) is 9.59 Å². The van der Waals surface area contributed by atoms with Crippen molar-refractivity contribution in [3.63, 3.8) is 0 Å². The summed E-state index contributed by atoms with van der Waals surface area (Å²) in [4.78, 5) is 23.0. The van der Waals surface area contributed by atoms with Gasteiger partial charge in [-0.15, -0.1) is 0 Å². The maximum absolute atomic E-state index is 12.1. The van der Waals surface area contributed by atoms with Gasteiger partial charge in [-0.25, -0.2) is 0 Å². The summed E-state index contributed by atoms with van der Waals surface area (Å²) in [5, 5.41) is 12.1. The molecule has 0 aliphatic rings. The molecule has 5 heteroatoms. The second kappa shape index (κ2) is 8.03. The highest BCUT2D eigenvalue weighted by atomic mass is 35.5. The maximum atomic E-state index is 12.1. The number of aryl methyl sites for hydroxylation is 1. The topological polar surface area (TPSA) is 66.4 Å². The van der Waals surface area contributed by atoms with Gasteiger partial charge in [0.15, 0.2) is 0 Å². The number of carbonyl (C=O) groups is 2. The lowest BCUT2D eigenvalue weighted by Gasteiger charge is -2.18. The molecule has 21 heavy (non-hydrogen) atoms. The van der Waals surface area contributed by atoms with Crippen molar-refractivity contribution >= 4 is 23.5 Å². The van der Waals surface area contributed by atoms with Crippen LogP contribution < -0.4 is 5.32 Å². The van der Waals surface area contributed by atoms with Crippen LogP contribution in [0.15, 0.2) is 18.2 Å². The fourth-order valence-corrected chi connectivity index (χ4v) is 2.61. The van der Waals surface area contributed by atoms with E-state index in [-0.39, 0.29) is 18.2 Å². The van der Waals surface area contributed by atoms with E-state index in [2.05, 4.69) is 5.32 Å². The van der Waals surface area contributed by atoms with E-state index in [0.717, 1.165) is 12.0 Å². The molecule has 0 aromatic heterocycles. The summed E-state index contributed by atoms with van der Waals surface area (Å²) in [6.45, 7) is 6.31. The fourth-order valence-electron chi connectivity index (χ4n) is 2.29. The Bertz CT molecular complexity index is 514. The van der Waals surface area contributed by atoms with Crippen LogP contribution >= 0.6 is 11.6 Å². The van der Waals surface area contributed by atoms with Crippen LogP contribution in [0.1, 0.15) is 42.6 Å². The minimum absolute atomic E-state index is 0.0556. The zero-order valence-corrected chi connectivity index (χ0v) is 13.4. The number of rotatable bonds is 7. The van der Waals surface area contributed by atoms with Crippen LogP contribution in [0, 0.1) is 18.8 Å². The average Bonchev–Trinajstić information content (AvgIpc) is 2.34. The fraction of sp³-hybridized carbons (Fsp3) is 0.500. The maximum Gasteiger partial charge on any atom is 0.303 e. The predicted octanol–water partition coefficient (Wildman–Crippen LogP) is 3.52.